The van der Waals surface area contributed by atoms with Crippen LogP contribution in [0.1, 0.15) is 11.3 Å². The van der Waals surface area contributed by atoms with Gasteiger partial charge in [-0.05, 0) is 49.4 Å². The number of nitrogen functional groups attached to an aromatic ring is 1. The van der Waals surface area contributed by atoms with E-state index in [0.29, 0.717) is 5.95 Å². The second-order valence-electron chi connectivity index (χ2n) is 3.59. The van der Waals surface area contributed by atoms with Gasteiger partial charge in [0.15, 0.2) is 0 Å². The highest BCUT2D eigenvalue weighted by atomic mass is 32.2. The fourth-order valence-corrected chi connectivity index (χ4v) is 2.34. The van der Waals surface area contributed by atoms with Gasteiger partial charge in [0.05, 0.1) is 0 Å². The molecule has 0 aliphatic carbocycles. The van der Waals surface area contributed by atoms with E-state index in [4.69, 9.17) is 5.84 Å². The third-order valence-corrected chi connectivity index (χ3v) is 2.90. The maximum absolute atomic E-state index is 5.26. The lowest BCUT2D eigenvalue weighted by Crippen LogP contribution is -2.10. The molecule has 6 heteroatoms. The zero-order chi connectivity index (χ0) is 12.3. The number of nitrogens with one attached hydrogen (secondary N) is 1. The van der Waals surface area contributed by atoms with Gasteiger partial charge in [0.1, 0.15) is 10.1 Å². The van der Waals surface area contributed by atoms with Crippen molar-refractivity contribution in [3.05, 3.63) is 35.7 Å². The first-order chi connectivity index (χ1) is 8.17. The second-order valence-corrected chi connectivity index (χ2v) is 4.63. The molecular weight excluding hydrogens is 234 g/mol. The van der Waals surface area contributed by atoms with Crippen molar-refractivity contribution >= 4 is 17.7 Å². The van der Waals surface area contributed by atoms with E-state index in [1.54, 1.807) is 6.20 Å². The van der Waals surface area contributed by atoms with E-state index in [0.717, 1.165) is 15.7 Å². The van der Waals surface area contributed by atoms with Crippen LogP contribution in [0.5, 0.6) is 0 Å². The predicted molar refractivity (Wildman–Crippen MR) is 67.7 cm³/mol. The van der Waals surface area contributed by atoms with Crippen molar-refractivity contribution in [2.24, 2.45) is 5.84 Å². The highest BCUT2D eigenvalue weighted by Crippen LogP contribution is 2.25. The normalized spacial score (nSPS) is 10.3. The van der Waals surface area contributed by atoms with Crippen molar-refractivity contribution in [2.45, 2.75) is 23.9 Å². The average Bonchev–Trinajstić information content (AvgIpc) is 2.28. The number of aromatic nitrogens is 3. The molecular formula is C11H13N5S. The molecule has 0 aliphatic rings. The van der Waals surface area contributed by atoms with Gasteiger partial charge >= 0.3 is 0 Å². The van der Waals surface area contributed by atoms with Crippen LogP contribution in [0.4, 0.5) is 5.95 Å². The van der Waals surface area contributed by atoms with Gasteiger partial charge in [-0.2, -0.15) is 0 Å². The van der Waals surface area contributed by atoms with E-state index < -0.39 is 0 Å². The minimum Gasteiger partial charge on any atom is -0.292 e. The topological polar surface area (TPSA) is 76.7 Å². The summed E-state index contributed by atoms with van der Waals surface area (Å²) in [6.45, 7) is 4.02. The van der Waals surface area contributed by atoms with Crippen LogP contribution >= 0.6 is 11.8 Å². The maximum atomic E-state index is 5.26. The number of hydrogen-bond acceptors (Lipinski definition) is 6. The minimum absolute atomic E-state index is 0.402. The summed E-state index contributed by atoms with van der Waals surface area (Å²) in [5, 5.41) is 1.73. The van der Waals surface area contributed by atoms with Gasteiger partial charge in [0.25, 0.3) is 0 Å². The number of nitrogens with two attached hydrogens (primary N) is 1. The summed E-state index contributed by atoms with van der Waals surface area (Å²) < 4.78 is 0. The van der Waals surface area contributed by atoms with Crippen LogP contribution in [0, 0.1) is 13.8 Å². The Bertz CT molecular complexity index is 509. The summed E-state index contributed by atoms with van der Waals surface area (Å²) in [5.74, 6) is 5.66. The van der Waals surface area contributed by atoms with Crippen LogP contribution < -0.4 is 11.3 Å². The molecule has 2 rings (SSSR count). The highest BCUT2D eigenvalue weighted by molar-refractivity contribution is 7.99. The molecule has 0 atom stereocenters. The molecule has 0 saturated carbocycles. The number of hydrazine groups is 1. The fraction of sp³-hybridized carbons (Fsp3) is 0.182. The van der Waals surface area contributed by atoms with Crippen molar-refractivity contribution in [3.8, 4) is 0 Å². The number of anilines is 1. The summed E-state index contributed by atoms with van der Waals surface area (Å²) >= 11 is 1.49. The molecule has 0 bridgehead atoms. The van der Waals surface area contributed by atoms with Crippen LogP contribution in [0.2, 0.25) is 0 Å². The van der Waals surface area contributed by atoms with Crippen molar-refractivity contribution < 1.29 is 0 Å². The Balaban J connectivity index is 2.24. The first kappa shape index (κ1) is 11.8. The summed E-state index contributed by atoms with van der Waals surface area (Å²) in [6, 6.07) is 5.89. The Morgan fingerprint density at radius 3 is 2.71 bits per heavy atom. The predicted octanol–water partition coefficient (Wildman–Crippen LogP) is 1.93. The molecule has 0 spiro atoms. The van der Waals surface area contributed by atoms with Gasteiger partial charge in [0, 0.05) is 11.9 Å². The van der Waals surface area contributed by atoms with Gasteiger partial charge < -0.3 is 0 Å². The molecule has 0 fully saturated rings. The largest absolute Gasteiger partial charge is 0.292 e. The molecule has 0 unspecified atom stereocenters. The van der Waals surface area contributed by atoms with Crippen LogP contribution in [0.25, 0.3) is 0 Å². The Labute approximate surface area is 104 Å². The lowest BCUT2D eigenvalue weighted by atomic mass is 10.3. The lowest BCUT2D eigenvalue weighted by Gasteiger charge is -2.04. The van der Waals surface area contributed by atoms with Crippen LogP contribution in [-0.2, 0) is 0 Å². The zero-order valence-electron chi connectivity index (χ0n) is 9.64. The van der Waals surface area contributed by atoms with E-state index in [1.165, 1.54) is 17.3 Å². The number of rotatable bonds is 3. The van der Waals surface area contributed by atoms with E-state index >= 15 is 0 Å². The van der Waals surface area contributed by atoms with Crippen LogP contribution in [-0.4, -0.2) is 15.0 Å². The van der Waals surface area contributed by atoms with Gasteiger partial charge in [-0.3, -0.25) is 5.43 Å². The lowest BCUT2D eigenvalue weighted by molar-refractivity contribution is 1.01. The van der Waals surface area contributed by atoms with E-state index in [2.05, 4.69) is 20.4 Å². The molecule has 2 aromatic rings. The second kappa shape index (κ2) is 5.11. The molecule has 0 saturated heterocycles. The molecule has 17 heavy (non-hydrogen) atoms. The fourth-order valence-electron chi connectivity index (χ4n) is 1.43. The van der Waals surface area contributed by atoms with Crippen LogP contribution in [0.15, 0.2) is 34.4 Å². The smallest absolute Gasteiger partial charge is 0.238 e. The Hall–Kier alpha value is -1.66. The van der Waals surface area contributed by atoms with Gasteiger partial charge in [0.2, 0.25) is 5.95 Å². The minimum atomic E-state index is 0.402. The molecule has 0 aliphatic heterocycles. The molecule has 2 heterocycles. The van der Waals surface area contributed by atoms with E-state index in [1.807, 2.05) is 32.0 Å². The zero-order valence-corrected chi connectivity index (χ0v) is 10.5. The molecule has 0 amide bonds. The van der Waals surface area contributed by atoms with E-state index in [9.17, 15) is 0 Å². The standard InChI is InChI=1S/C11H13N5S/c1-7-5-8(2)14-10(6-7)17-9-3-4-13-11(15-9)16-12/h3-6H,12H2,1-2H3,(H,13,15,16). The molecule has 0 radical (unpaired) electrons. The summed E-state index contributed by atoms with van der Waals surface area (Å²) in [7, 11) is 0. The third-order valence-electron chi connectivity index (χ3n) is 2.04. The number of pyridine rings is 1. The van der Waals surface area contributed by atoms with Gasteiger partial charge in [-0.1, -0.05) is 0 Å². The van der Waals surface area contributed by atoms with Gasteiger partial charge in [-0.25, -0.2) is 20.8 Å². The number of nitrogens with zero attached hydrogens (tertiary/aromatic N) is 3. The summed E-state index contributed by atoms with van der Waals surface area (Å²) in [5.41, 5.74) is 4.61. The molecule has 88 valence electrons. The third kappa shape index (κ3) is 3.15. The van der Waals surface area contributed by atoms with Gasteiger partial charge in [-0.15, -0.1) is 0 Å². The molecule has 5 nitrogen and oxygen atoms in total. The van der Waals surface area contributed by atoms with Crippen molar-refractivity contribution in [1.29, 1.82) is 0 Å². The summed E-state index contributed by atoms with van der Waals surface area (Å²) in [4.78, 5) is 12.6. The quantitative estimate of drug-likeness (QED) is 0.490. The average molecular weight is 247 g/mol. The monoisotopic (exact) mass is 247 g/mol. The maximum Gasteiger partial charge on any atom is 0.238 e. The first-order valence-electron chi connectivity index (χ1n) is 5.10. The Morgan fingerprint density at radius 2 is 2.00 bits per heavy atom. The first-order valence-corrected chi connectivity index (χ1v) is 5.92. The van der Waals surface area contributed by atoms with Crippen molar-refractivity contribution in [2.75, 3.05) is 5.43 Å². The molecule has 2 aromatic heterocycles. The number of aryl methyl sites for hydroxylation is 2. The summed E-state index contributed by atoms with van der Waals surface area (Å²) in [6.07, 6.45) is 1.66. The molecule has 0 aromatic carbocycles. The van der Waals surface area contributed by atoms with Crippen molar-refractivity contribution in [1.82, 2.24) is 15.0 Å². The van der Waals surface area contributed by atoms with Crippen molar-refractivity contribution in [3.63, 3.8) is 0 Å². The number of hydrogen-bond donors (Lipinski definition) is 2. The Morgan fingerprint density at radius 1 is 1.18 bits per heavy atom. The van der Waals surface area contributed by atoms with E-state index in [-0.39, 0.29) is 0 Å². The SMILES string of the molecule is Cc1cc(C)nc(Sc2ccnc(NN)n2)c1. The highest BCUT2D eigenvalue weighted by Gasteiger charge is 2.03. The Kier molecular flexibility index (Phi) is 3.55. The molecule has 3 N–H and O–H groups in total. The van der Waals surface area contributed by atoms with Crippen LogP contribution in [0.3, 0.4) is 0 Å².